The molecule has 29 heavy (non-hydrogen) atoms. The van der Waals surface area contributed by atoms with Crippen LogP contribution < -0.4 is 0 Å². The van der Waals surface area contributed by atoms with Gasteiger partial charge in [-0.25, -0.2) is 0 Å². The highest BCUT2D eigenvalue weighted by Gasteiger charge is 2.32. The highest BCUT2D eigenvalue weighted by atomic mass is 32.2. The van der Waals surface area contributed by atoms with E-state index >= 15 is 0 Å². The van der Waals surface area contributed by atoms with Crippen molar-refractivity contribution in [1.82, 2.24) is 0 Å². The van der Waals surface area contributed by atoms with Gasteiger partial charge in [-0.15, -0.1) is 0 Å². The van der Waals surface area contributed by atoms with E-state index in [2.05, 4.69) is 0 Å². The first-order valence-corrected chi connectivity index (χ1v) is 11.8. The third-order valence-corrected chi connectivity index (χ3v) is 7.06. The van der Waals surface area contributed by atoms with Crippen molar-refractivity contribution in [3.05, 3.63) is 59.7 Å². The second-order valence-electron chi connectivity index (χ2n) is 7.59. The van der Waals surface area contributed by atoms with Crippen molar-refractivity contribution in [2.75, 3.05) is 13.2 Å². The average Bonchev–Trinajstić information content (AvgIpc) is 2.65. The Morgan fingerprint density at radius 3 is 1.59 bits per heavy atom. The van der Waals surface area contributed by atoms with Gasteiger partial charge in [0, 0.05) is 5.41 Å². The molecule has 0 aromatic heterocycles. The maximum Gasteiger partial charge on any atom is 0.297 e. The molecule has 0 saturated heterocycles. The minimum absolute atomic E-state index is 0.00610. The number of aliphatic hydroxyl groups excluding tert-OH is 1. The fourth-order valence-electron chi connectivity index (χ4n) is 2.25. The number of hydrogen-bond donors (Lipinski definition) is 1. The topological polar surface area (TPSA) is 107 Å². The third kappa shape index (κ3) is 6.35. The van der Waals surface area contributed by atoms with Crippen LogP contribution in [0.4, 0.5) is 0 Å². The Balaban J connectivity index is 1.99. The second-order valence-corrected chi connectivity index (χ2v) is 10.8. The van der Waals surface area contributed by atoms with Gasteiger partial charge in [0.1, 0.15) is 0 Å². The summed E-state index contributed by atoms with van der Waals surface area (Å²) in [5.41, 5.74) is 0.726. The molecular weight excluding hydrogens is 416 g/mol. The zero-order chi connectivity index (χ0) is 21.9. The van der Waals surface area contributed by atoms with E-state index in [-0.39, 0.29) is 16.4 Å². The molecule has 1 unspecified atom stereocenters. The molecule has 0 bridgehead atoms. The van der Waals surface area contributed by atoms with Crippen LogP contribution in [-0.4, -0.2) is 41.3 Å². The van der Waals surface area contributed by atoms with Crippen molar-refractivity contribution < 1.29 is 30.3 Å². The molecular formula is C20H26O7S2. The number of aliphatic hydroxyl groups is 1. The van der Waals surface area contributed by atoms with Gasteiger partial charge in [0.2, 0.25) is 0 Å². The van der Waals surface area contributed by atoms with Crippen LogP contribution in [-0.2, 0) is 28.6 Å². The first-order chi connectivity index (χ1) is 13.3. The Morgan fingerprint density at radius 2 is 1.17 bits per heavy atom. The first kappa shape index (κ1) is 23.5. The van der Waals surface area contributed by atoms with Gasteiger partial charge in [-0.05, 0) is 38.1 Å². The summed E-state index contributed by atoms with van der Waals surface area (Å²) in [6.07, 6.45) is -1.28. The highest BCUT2D eigenvalue weighted by Crippen LogP contribution is 2.25. The van der Waals surface area contributed by atoms with E-state index in [4.69, 9.17) is 8.37 Å². The van der Waals surface area contributed by atoms with Crippen LogP contribution >= 0.6 is 0 Å². The smallest absolute Gasteiger partial charge is 0.297 e. The van der Waals surface area contributed by atoms with Gasteiger partial charge in [0.15, 0.2) is 0 Å². The van der Waals surface area contributed by atoms with Crippen molar-refractivity contribution in [2.45, 2.75) is 43.6 Å². The molecule has 1 N–H and O–H groups in total. The van der Waals surface area contributed by atoms with Gasteiger partial charge in [-0.2, -0.15) is 16.8 Å². The fraction of sp³-hybridized carbons (Fsp3) is 0.400. The summed E-state index contributed by atoms with van der Waals surface area (Å²) in [4.78, 5) is -0.0158. The summed E-state index contributed by atoms with van der Waals surface area (Å²) in [6.45, 7) is 5.90. The van der Waals surface area contributed by atoms with E-state index < -0.39 is 38.4 Å². The maximum atomic E-state index is 12.3. The van der Waals surface area contributed by atoms with E-state index in [1.165, 1.54) is 24.3 Å². The van der Waals surface area contributed by atoms with Gasteiger partial charge >= 0.3 is 0 Å². The Hall–Kier alpha value is -1.78. The van der Waals surface area contributed by atoms with Crippen LogP contribution in [0.5, 0.6) is 0 Å². The number of rotatable bonds is 9. The Kier molecular flexibility index (Phi) is 7.23. The molecule has 0 radical (unpaired) electrons. The third-order valence-electron chi connectivity index (χ3n) is 4.49. The quantitative estimate of drug-likeness (QED) is 0.595. The van der Waals surface area contributed by atoms with E-state index in [9.17, 15) is 21.9 Å². The van der Waals surface area contributed by atoms with E-state index in [1.54, 1.807) is 38.1 Å². The Bertz CT molecular complexity index is 1020. The molecule has 0 aliphatic carbocycles. The molecule has 7 nitrogen and oxygen atoms in total. The van der Waals surface area contributed by atoms with Crippen molar-refractivity contribution in [2.24, 2.45) is 5.41 Å². The second kappa shape index (κ2) is 8.93. The van der Waals surface area contributed by atoms with Crippen LogP contribution in [0.1, 0.15) is 25.0 Å². The van der Waals surface area contributed by atoms with Gasteiger partial charge in [-0.1, -0.05) is 49.2 Å². The largest absolute Gasteiger partial charge is 0.390 e. The lowest BCUT2D eigenvalue weighted by Crippen LogP contribution is -2.38. The van der Waals surface area contributed by atoms with Crippen molar-refractivity contribution in [3.8, 4) is 0 Å². The van der Waals surface area contributed by atoms with Crippen LogP contribution in [0.15, 0.2) is 58.3 Å². The van der Waals surface area contributed by atoms with Crippen molar-refractivity contribution in [1.29, 1.82) is 0 Å². The Morgan fingerprint density at radius 1 is 0.793 bits per heavy atom. The molecule has 0 heterocycles. The van der Waals surface area contributed by atoms with Crippen molar-refractivity contribution in [3.63, 3.8) is 0 Å². The maximum absolute atomic E-state index is 12.3. The van der Waals surface area contributed by atoms with Crippen molar-refractivity contribution >= 4 is 20.2 Å². The first-order valence-electron chi connectivity index (χ1n) is 8.94. The lowest BCUT2D eigenvalue weighted by molar-refractivity contribution is -0.0106. The molecule has 0 aliphatic heterocycles. The van der Waals surface area contributed by atoms with Gasteiger partial charge < -0.3 is 5.11 Å². The van der Waals surface area contributed by atoms with E-state index in [1.807, 2.05) is 13.8 Å². The van der Waals surface area contributed by atoms with Gasteiger partial charge in [-0.3, -0.25) is 8.37 Å². The van der Waals surface area contributed by atoms with Gasteiger partial charge in [0.25, 0.3) is 20.2 Å². The Labute approximate surface area is 172 Å². The van der Waals surface area contributed by atoms with E-state index in [0.29, 0.717) is 0 Å². The van der Waals surface area contributed by atoms with Gasteiger partial charge in [0.05, 0.1) is 29.1 Å². The fourth-order valence-corrected chi connectivity index (χ4v) is 4.23. The number of benzene rings is 2. The molecule has 160 valence electrons. The monoisotopic (exact) mass is 442 g/mol. The summed E-state index contributed by atoms with van der Waals surface area (Å²) in [5.74, 6) is 0. The summed E-state index contributed by atoms with van der Waals surface area (Å²) >= 11 is 0. The molecule has 0 spiro atoms. The summed E-state index contributed by atoms with van der Waals surface area (Å²) in [6, 6.07) is 12.3. The molecule has 0 amide bonds. The normalized spacial score (nSPS) is 14.0. The lowest BCUT2D eigenvalue weighted by atomic mass is 9.88. The summed E-state index contributed by atoms with van der Waals surface area (Å²) < 4.78 is 59.1. The molecule has 2 aromatic carbocycles. The molecule has 2 rings (SSSR count). The molecule has 2 aromatic rings. The number of aryl methyl sites for hydroxylation is 2. The molecule has 1 atom stereocenters. The predicted octanol–water partition coefficient (Wildman–Crippen LogP) is 2.80. The molecule has 0 aliphatic rings. The minimum Gasteiger partial charge on any atom is -0.390 e. The predicted molar refractivity (Wildman–Crippen MR) is 108 cm³/mol. The van der Waals surface area contributed by atoms with Crippen LogP contribution in [0.25, 0.3) is 0 Å². The van der Waals surface area contributed by atoms with Crippen LogP contribution in [0.3, 0.4) is 0 Å². The standard InChI is InChI=1S/C20H26O7S2/c1-15-5-9-17(10-6-15)28(22,23)26-13-19(21)20(3,4)14-27-29(24,25)18-11-7-16(2)8-12-18/h5-12,19,21H,13-14H2,1-4H3. The van der Waals surface area contributed by atoms with Crippen LogP contribution in [0.2, 0.25) is 0 Å². The molecule has 0 saturated carbocycles. The molecule has 0 fully saturated rings. The minimum atomic E-state index is -4.04. The lowest BCUT2D eigenvalue weighted by Gasteiger charge is -2.29. The van der Waals surface area contributed by atoms with E-state index in [0.717, 1.165) is 11.1 Å². The zero-order valence-corrected chi connectivity index (χ0v) is 18.5. The summed E-state index contributed by atoms with van der Waals surface area (Å²) in [5, 5.41) is 10.4. The molecule has 9 heteroatoms. The number of hydrogen-bond acceptors (Lipinski definition) is 7. The highest BCUT2D eigenvalue weighted by molar-refractivity contribution is 7.87. The van der Waals surface area contributed by atoms with Crippen LogP contribution in [0, 0.1) is 19.3 Å². The summed E-state index contributed by atoms with van der Waals surface area (Å²) in [7, 11) is -8.05. The zero-order valence-electron chi connectivity index (χ0n) is 16.8. The SMILES string of the molecule is Cc1ccc(S(=O)(=O)OCC(O)C(C)(C)COS(=O)(=O)c2ccc(C)cc2)cc1. The average molecular weight is 443 g/mol.